The first-order valence-corrected chi connectivity index (χ1v) is 6.78. The summed E-state index contributed by atoms with van der Waals surface area (Å²) in [6.45, 7) is 1.85. The number of benzene rings is 1. The van der Waals surface area contributed by atoms with Gasteiger partial charge in [-0.15, -0.1) is 0 Å². The van der Waals surface area contributed by atoms with Crippen molar-refractivity contribution in [1.29, 1.82) is 0 Å². The van der Waals surface area contributed by atoms with Crippen LogP contribution >= 0.6 is 15.9 Å². The van der Waals surface area contributed by atoms with Crippen LogP contribution in [-0.2, 0) is 4.74 Å². The molecule has 0 saturated carbocycles. The van der Waals surface area contributed by atoms with Crippen LogP contribution in [-0.4, -0.2) is 26.4 Å². The summed E-state index contributed by atoms with van der Waals surface area (Å²) in [6, 6.07) is 5.93. The van der Waals surface area contributed by atoms with Crippen LogP contribution in [0.25, 0.3) is 0 Å². The number of hydrogen-bond donors (Lipinski definition) is 1. The Labute approximate surface area is 111 Å². The first-order valence-electron chi connectivity index (χ1n) is 5.98. The monoisotopic (exact) mass is 299 g/mol. The maximum atomic E-state index is 5.59. The maximum absolute atomic E-state index is 5.59. The third kappa shape index (κ3) is 3.61. The van der Waals surface area contributed by atoms with Crippen molar-refractivity contribution < 1.29 is 9.47 Å². The minimum atomic E-state index is 0.437. The largest absolute Gasteiger partial charge is 0.497 e. The number of hydrogen-bond acceptors (Lipinski definition) is 3. The molecule has 0 bridgehead atoms. The molecule has 17 heavy (non-hydrogen) atoms. The summed E-state index contributed by atoms with van der Waals surface area (Å²) >= 11 is 3.52. The minimum Gasteiger partial charge on any atom is -0.497 e. The van der Waals surface area contributed by atoms with E-state index in [2.05, 4.69) is 21.2 Å². The molecule has 1 saturated heterocycles. The van der Waals surface area contributed by atoms with Gasteiger partial charge in [0.05, 0.1) is 18.9 Å². The van der Waals surface area contributed by atoms with Crippen molar-refractivity contribution in [1.82, 2.24) is 0 Å². The van der Waals surface area contributed by atoms with E-state index in [4.69, 9.17) is 9.47 Å². The van der Waals surface area contributed by atoms with E-state index in [1.54, 1.807) is 7.11 Å². The molecule has 1 heterocycles. The molecule has 0 aromatic heterocycles. The standard InChI is InChI=1S/C13H18BrNO2/c1-16-11-4-5-12(14)13(9-11)15-7-6-10-3-2-8-17-10/h4-5,9-10,15H,2-3,6-8H2,1H3. The van der Waals surface area contributed by atoms with Crippen LogP contribution in [0.3, 0.4) is 0 Å². The van der Waals surface area contributed by atoms with Gasteiger partial charge in [0, 0.05) is 23.7 Å². The minimum absolute atomic E-state index is 0.437. The zero-order valence-electron chi connectivity index (χ0n) is 10.0. The lowest BCUT2D eigenvalue weighted by molar-refractivity contribution is 0.107. The number of halogens is 1. The second-order valence-electron chi connectivity index (χ2n) is 4.20. The van der Waals surface area contributed by atoms with Gasteiger partial charge >= 0.3 is 0 Å². The van der Waals surface area contributed by atoms with E-state index in [0.29, 0.717) is 6.10 Å². The lowest BCUT2D eigenvalue weighted by Gasteiger charge is -2.13. The highest BCUT2D eigenvalue weighted by molar-refractivity contribution is 9.10. The molecule has 1 N–H and O–H groups in total. The Morgan fingerprint density at radius 2 is 2.41 bits per heavy atom. The van der Waals surface area contributed by atoms with E-state index in [1.807, 2.05) is 18.2 Å². The molecule has 0 amide bonds. The van der Waals surface area contributed by atoms with E-state index < -0.39 is 0 Å². The lowest BCUT2D eigenvalue weighted by Crippen LogP contribution is -2.12. The molecule has 0 spiro atoms. The summed E-state index contributed by atoms with van der Waals surface area (Å²) in [7, 11) is 1.68. The smallest absolute Gasteiger partial charge is 0.121 e. The number of methoxy groups -OCH3 is 1. The normalized spacial score (nSPS) is 19.3. The molecule has 1 aliphatic heterocycles. The highest BCUT2D eigenvalue weighted by atomic mass is 79.9. The predicted octanol–water partition coefficient (Wildman–Crippen LogP) is 3.44. The van der Waals surface area contributed by atoms with E-state index in [-0.39, 0.29) is 0 Å². The van der Waals surface area contributed by atoms with Crippen LogP contribution in [0.4, 0.5) is 5.69 Å². The van der Waals surface area contributed by atoms with Crippen molar-refractivity contribution in [2.45, 2.75) is 25.4 Å². The highest BCUT2D eigenvalue weighted by Gasteiger charge is 2.14. The van der Waals surface area contributed by atoms with Gasteiger partial charge in [0.2, 0.25) is 0 Å². The summed E-state index contributed by atoms with van der Waals surface area (Å²) in [5, 5.41) is 3.41. The molecule has 1 aliphatic rings. The molecule has 0 aliphatic carbocycles. The van der Waals surface area contributed by atoms with Crippen molar-refractivity contribution in [2.24, 2.45) is 0 Å². The van der Waals surface area contributed by atoms with Crippen LogP contribution in [0.15, 0.2) is 22.7 Å². The van der Waals surface area contributed by atoms with E-state index in [0.717, 1.165) is 35.5 Å². The zero-order valence-corrected chi connectivity index (χ0v) is 11.6. The summed E-state index contributed by atoms with van der Waals surface area (Å²) in [6.07, 6.45) is 3.89. The molecule has 1 aromatic rings. The van der Waals surface area contributed by atoms with E-state index in [1.165, 1.54) is 12.8 Å². The molecule has 1 atom stereocenters. The van der Waals surface area contributed by atoms with Crippen molar-refractivity contribution in [3.05, 3.63) is 22.7 Å². The molecular formula is C13H18BrNO2. The van der Waals surface area contributed by atoms with Gasteiger partial charge in [0.1, 0.15) is 5.75 Å². The number of nitrogens with one attached hydrogen (secondary N) is 1. The zero-order chi connectivity index (χ0) is 12.1. The summed E-state index contributed by atoms with van der Waals surface area (Å²) in [5.41, 5.74) is 1.07. The molecule has 1 unspecified atom stereocenters. The average Bonchev–Trinajstić information content (AvgIpc) is 2.84. The second kappa shape index (κ2) is 6.26. The molecule has 0 radical (unpaired) electrons. The van der Waals surface area contributed by atoms with Crippen LogP contribution < -0.4 is 10.1 Å². The van der Waals surface area contributed by atoms with Gasteiger partial charge in [-0.05, 0) is 47.3 Å². The number of rotatable bonds is 5. The molecule has 4 heteroatoms. The lowest BCUT2D eigenvalue weighted by atomic mass is 10.2. The molecule has 94 valence electrons. The Hall–Kier alpha value is -0.740. The Kier molecular flexibility index (Phi) is 4.68. The van der Waals surface area contributed by atoms with Gasteiger partial charge in [0.25, 0.3) is 0 Å². The van der Waals surface area contributed by atoms with Crippen molar-refractivity contribution >= 4 is 21.6 Å². The molecular weight excluding hydrogens is 282 g/mol. The van der Waals surface area contributed by atoms with Crippen molar-refractivity contribution in [3.63, 3.8) is 0 Å². The summed E-state index contributed by atoms with van der Waals surface area (Å²) in [5.74, 6) is 0.868. The molecule has 1 fully saturated rings. The van der Waals surface area contributed by atoms with Crippen LogP contribution in [0, 0.1) is 0 Å². The third-order valence-corrected chi connectivity index (χ3v) is 3.67. The Balaban J connectivity index is 1.84. The van der Waals surface area contributed by atoms with Gasteiger partial charge < -0.3 is 14.8 Å². The maximum Gasteiger partial charge on any atom is 0.121 e. The SMILES string of the molecule is COc1ccc(Br)c(NCCC2CCCO2)c1. The van der Waals surface area contributed by atoms with Gasteiger partial charge in [-0.2, -0.15) is 0 Å². The number of ether oxygens (including phenoxy) is 2. The average molecular weight is 300 g/mol. The molecule has 1 aromatic carbocycles. The van der Waals surface area contributed by atoms with E-state index in [9.17, 15) is 0 Å². The quantitative estimate of drug-likeness (QED) is 0.903. The van der Waals surface area contributed by atoms with Gasteiger partial charge in [-0.1, -0.05) is 0 Å². The Morgan fingerprint density at radius 3 is 3.12 bits per heavy atom. The number of anilines is 1. The summed E-state index contributed by atoms with van der Waals surface area (Å²) < 4.78 is 11.9. The topological polar surface area (TPSA) is 30.5 Å². The van der Waals surface area contributed by atoms with Gasteiger partial charge in [0.15, 0.2) is 0 Å². The van der Waals surface area contributed by atoms with Crippen molar-refractivity contribution in [3.8, 4) is 5.75 Å². The second-order valence-corrected chi connectivity index (χ2v) is 5.05. The van der Waals surface area contributed by atoms with Crippen LogP contribution in [0.2, 0.25) is 0 Å². The van der Waals surface area contributed by atoms with Gasteiger partial charge in [-0.3, -0.25) is 0 Å². The Morgan fingerprint density at radius 1 is 1.53 bits per heavy atom. The molecule has 3 nitrogen and oxygen atoms in total. The Bertz CT molecular complexity index is 364. The first-order chi connectivity index (χ1) is 8.29. The van der Waals surface area contributed by atoms with Gasteiger partial charge in [-0.25, -0.2) is 0 Å². The highest BCUT2D eigenvalue weighted by Crippen LogP contribution is 2.27. The van der Waals surface area contributed by atoms with Crippen LogP contribution in [0.5, 0.6) is 5.75 Å². The summed E-state index contributed by atoms with van der Waals surface area (Å²) in [4.78, 5) is 0. The first kappa shape index (κ1) is 12.7. The fourth-order valence-corrected chi connectivity index (χ4v) is 2.39. The van der Waals surface area contributed by atoms with Crippen LogP contribution in [0.1, 0.15) is 19.3 Å². The van der Waals surface area contributed by atoms with Crippen molar-refractivity contribution in [2.75, 3.05) is 25.6 Å². The fraction of sp³-hybridized carbons (Fsp3) is 0.538. The molecule has 2 rings (SSSR count). The fourth-order valence-electron chi connectivity index (χ4n) is 2.01. The third-order valence-electron chi connectivity index (χ3n) is 2.98. The van der Waals surface area contributed by atoms with E-state index >= 15 is 0 Å². The predicted molar refractivity (Wildman–Crippen MR) is 72.8 cm³/mol.